The first-order valence-electron chi connectivity index (χ1n) is 11.0. The Morgan fingerprint density at radius 3 is 2.26 bits per heavy atom. The number of halogens is 1. The second-order valence-corrected chi connectivity index (χ2v) is 8.40. The zero-order chi connectivity index (χ0) is 24.2. The fourth-order valence-corrected chi connectivity index (χ4v) is 4.46. The van der Waals surface area contributed by atoms with Crippen molar-refractivity contribution in [2.45, 2.75) is 20.3 Å². The van der Waals surface area contributed by atoms with Gasteiger partial charge in [-0.2, -0.15) is 0 Å². The second-order valence-electron chi connectivity index (χ2n) is 7.60. The second kappa shape index (κ2) is 10.3. The van der Waals surface area contributed by atoms with Crippen molar-refractivity contribution >= 4 is 52.3 Å². The van der Waals surface area contributed by atoms with E-state index in [4.69, 9.17) is 33.3 Å². The molecule has 1 saturated heterocycles. The monoisotopic (exact) mass is 492 g/mol. The molecule has 4 rings (SSSR count). The summed E-state index contributed by atoms with van der Waals surface area (Å²) in [6, 6.07) is 20.8. The van der Waals surface area contributed by atoms with Crippen LogP contribution in [0.3, 0.4) is 0 Å². The van der Waals surface area contributed by atoms with Crippen molar-refractivity contribution in [1.82, 2.24) is 0 Å². The Labute approximate surface area is 210 Å². The van der Waals surface area contributed by atoms with E-state index in [1.54, 1.807) is 30.2 Å². The molecule has 5 nitrogen and oxygen atoms in total. The highest BCUT2D eigenvalue weighted by molar-refractivity contribution is 7.81. The average molecular weight is 493 g/mol. The van der Waals surface area contributed by atoms with Crippen molar-refractivity contribution in [1.29, 1.82) is 0 Å². The van der Waals surface area contributed by atoms with Gasteiger partial charge in [0.2, 0.25) is 0 Å². The molecule has 1 heterocycles. The minimum absolute atomic E-state index is 0.239. The number of carbonyl (C=O) groups is 1. The number of thiocarbonyl (C=S) groups is 1. The van der Waals surface area contributed by atoms with Gasteiger partial charge >= 0.3 is 0 Å². The molecule has 0 aliphatic carbocycles. The highest BCUT2D eigenvalue weighted by Gasteiger charge is 2.40. The van der Waals surface area contributed by atoms with E-state index in [9.17, 15) is 4.79 Å². The zero-order valence-corrected chi connectivity index (χ0v) is 20.8. The fraction of sp³-hybridized carbons (Fsp3) is 0.185. The number of aryl methyl sites for hydroxylation is 1. The summed E-state index contributed by atoms with van der Waals surface area (Å²) >= 11 is 12.2. The lowest BCUT2D eigenvalue weighted by atomic mass is 10.1. The molecule has 0 atom stereocenters. The molecule has 7 heteroatoms. The molecule has 1 fully saturated rings. The first-order valence-corrected chi connectivity index (χ1v) is 11.8. The molecule has 0 spiro atoms. The Balaban J connectivity index is 1.90. The summed E-state index contributed by atoms with van der Waals surface area (Å²) in [7, 11) is 1.56. The molecule has 3 aromatic rings. The van der Waals surface area contributed by atoms with Gasteiger partial charge in [0.1, 0.15) is 5.70 Å². The zero-order valence-electron chi connectivity index (χ0n) is 19.2. The van der Waals surface area contributed by atoms with Crippen LogP contribution in [0.4, 0.5) is 11.4 Å². The first-order chi connectivity index (χ1) is 16.5. The maximum atomic E-state index is 13.8. The number of anilines is 2. The van der Waals surface area contributed by atoms with Crippen molar-refractivity contribution in [3.8, 4) is 11.5 Å². The number of rotatable bonds is 7. The first kappa shape index (κ1) is 23.8. The summed E-state index contributed by atoms with van der Waals surface area (Å²) in [4.78, 5) is 17.1. The summed E-state index contributed by atoms with van der Waals surface area (Å²) in [5.74, 6) is 0.769. The molecule has 3 aromatic carbocycles. The smallest absolute Gasteiger partial charge is 0.281 e. The van der Waals surface area contributed by atoms with E-state index >= 15 is 0 Å². The fourth-order valence-electron chi connectivity index (χ4n) is 3.86. The third-order valence-electron chi connectivity index (χ3n) is 5.51. The molecular weight excluding hydrogens is 468 g/mol. The van der Waals surface area contributed by atoms with Gasteiger partial charge in [0.15, 0.2) is 16.6 Å². The average Bonchev–Trinajstić information content (AvgIpc) is 3.10. The normalized spacial score (nSPS) is 14.8. The molecule has 0 radical (unpaired) electrons. The quantitative estimate of drug-likeness (QED) is 0.278. The predicted molar refractivity (Wildman–Crippen MR) is 142 cm³/mol. The van der Waals surface area contributed by atoms with Crippen LogP contribution in [0.1, 0.15) is 25.0 Å². The van der Waals surface area contributed by atoms with Gasteiger partial charge in [0.25, 0.3) is 5.91 Å². The summed E-state index contributed by atoms with van der Waals surface area (Å²) in [6.07, 6.45) is 2.67. The van der Waals surface area contributed by atoms with Gasteiger partial charge in [0.05, 0.1) is 19.4 Å². The number of hydrogen-bond donors (Lipinski definition) is 0. The van der Waals surface area contributed by atoms with E-state index in [-0.39, 0.29) is 5.91 Å². The summed E-state index contributed by atoms with van der Waals surface area (Å²) in [6.45, 7) is 4.42. The molecule has 0 aromatic heterocycles. The van der Waals surface area contributed by atoms with Gasteiger partial charge in [-0.1, -0.05) is 48.9 Å². The van der Waals surface area contributed by atoms with Crippen LogP contribution in [0.25, 0.3) is 6.08 Å². The highest BCUT2D eigenvalue weighted by atomic mass is 35.5. The summed E-state index contributed by atoms with van der Waals surface area (Å²) < 4.78 is 11.4. The van der Waals surface area contributed by atoms with Crippen molar-refractivity contribution in [2.24, 2.45) is 0 Å². The topological polar surface area (TPSA) is 42.0 Å². The number of methoxy groups -OCH3 is 1. The Kier molecular flexibility index (Phi) is 7.20. The number of nitrogens with zero attached hydrogens (tertiary/aromatic N) is 2. The molecule has 0 N–H and O–H groups in total. The summed E-state index contributed by atoms with van der Waals surface area (Å²) in [5, 5.41) is 0.845. The van der Waals surface area contributed by atoms with Gasteiger partial charge in [0, 0.05) is 22.3 Å². The highest BCUT2D eigenvalue weighted by Crippen LogP contribution is 2.39. The third kappa shape index (κ3) is 4.52. The van der Waals surface area contributed by atoms with E-state index in [2.05, 4.69) is 6.92 Å². The van der Waals surface area contributed by atoms with Crippen LogP contribution in [0, 0.1) is 0 Å². The molecule has 0 saturated carbocycles. The van der Waals surface area contributed by atoms with Crippen LogP contribution in [0.2, 0.25) is 5.02 Å². The van der Waals surface area contributed by atoms with Crippen molar-refractivity contribution in [3.63, 3.8) is 0 Å². The van der Waals surface area contributed by atoms with Gasteiger partial charge < -0.3 is 9.47 Å². The predicted octanol–water partition coefficient (Wildman–Crippen LogP) is 6.49. The van der Waals surface area contributed by atoms with Crippen LogP contribution in [0.5, 0.6) is 11.5 Å². The van der Waals surface area contributed by atoms with Crippen molar-refractivity contribution in [2.75, 3.05) is 23.5 Å². The minimum atomic E-state index is -0.239. The largest absolute Gasteiger partial charge is 0.493 e. The van der Waals surface area contributed by atoms with E-state index in [0.717, 1.165) is 12.1 Å². The number of para-hydroxylation sites is 1. The Hall–Kier alpha value is -3.35. The standard InChI is InChI=1S/C27H25ClN2O3S/c1-4-18-11-13-22(14-12-18)29-23(26(31)30(27(29)34)21-9-7-6-8-10-21)16-19-15-20(28)17-24(32-3)25(19)33-5-2/h6-17H,4-5H2,1-3H3/b23-16-. The maximum Gasteiger partial charge on any atom is 0.281 e. The van der Waals surface area contributed by atoms with E-state index < -0.39 is 0 Å². The molecular formula is C27H25ClN2O3S. The van der Waals surface area contributed by atoms with Gasteiger partial charge in [-0.15, -0.1) is 0 Å². The number of hydrogen-bond acceptors (Lipinski definition) is 4. The molecule has 0 bridgehead atoms. The summed E-state index contributed by atoms with van der Waals surface area (Å²) in [5.41, 5.74) is 3.71. The van der Waals surface area contributed by atoms with E-state index in [1.165, 1.54) is 10.5 Å². The Morgan fingerprint density at radius 1 is 0.971 bits per heavy atom. The SMILES string of the molecule is CCOc1c(/C=C2/C(=O)N(c3ccccc3)C(=S)N2c2ccc(CC)cc2)cc(Cl)cc1OC. The van der Waals surface area contributed by atoms with Crippen LogP contribution >= 0.6 is 23.8 Å². The third-order valence-corrected chi connectivity index (χ3v) is 6.10. The molecule has 1 aliphatic heterocycles. The lowest BCUT2D eigenvalue weighted by Crippen LogP contribution is -2.32. The van der Waals surface area contributed by atoms with Crippen molar-refractivity contribution in [3.05, 3.63) is 88.6 Å². The van der Waals surface area contributed by atoms with E-state index in [0.29, 0.717) is 45.2 Å². The minimum Gasteiger partial charge on any atom is -0.493 e. The lowest BCUT2D eigenvalue weighted by molar-refractivity contribution is -0.113. The van der Waals surface area contributed by atoms with Crippen LogP contribution in [-0.4, -0.2) is 24.7 Å². The lowest BCUT2D eigenvalue weighted by Gasteiger charge is -2.21. The van der Waals surface area contributed by atoms with Gasteiger partial charge in [-0.25, -0.2) is 0 Å². The van der Waals surface area contributed by atoms with Gasteiger partial charge in [-0.05, 0) is 67.5 Å². The number of amides is 1. The molecule has 174 valence electrons. The van der Waals surface area contributed by atoms with Crippen LogP contribution < -0.4 is 19.3 Å². The number of carbonyl (C=O) groups excluding carboxylic acids is 1. The van der Waals surface area contributed by atoms with Crippen LogP contribution in [-0.2, 0) is 11.2 Å². The maximum absolute atomic E-state index is 13.8. The van der Waals surface area contributed by atoms with E-state index in [1.807, 2.05) is 61.5 Å². The number of benzene rings is 3. The molecule has 1 amide bonds. The Bertz CT molecular complexity index is 1240. The Morgan fingerprint density at radius 2 is 1.65 bits per heavy atom. The van der Waals surface area contributed by atoms with Crippen molar-refractivity contribution < 1.29 is 14.3 Å². The number of ether oxygens (including phenoxy) is 2. The molecule has 34 heavy (non-hydrogen) atoms. The van der Waals surface area contributed by atoms with Gasteiger partial charge in [-0.3, -0.25) is 14.6 Å². The molecule has 0 unspecified atom stereocenters. The molecule has 1 aliphatic rings. The van der Waals surface area contributed by atoms with Crippen LogP contribution in [0.15, 0.2) is 72.4 Å².